The predicted molar refractivity (Wildman–Crippen MR) is 83.0 cm³/mol. The molecule has 3 aromatic rings. The molecule has 112 valence electrons. The van der Waals surface area contributed by atoms with E-state index in [-0.39, 0.29) is 36.0 Å². The molecular weight excluding hydrogens is 304 g/mol. The van der Waals surface area contributed by atoms with Gasteiger partial charge in [0.15, 0.2) is 11.6 Å². The summed E-state index contributed by atoms with van der Waals surface area (Å²) in [5, 5.41) is 14.4. The number of aromatic nitrogens is 3. The number of hydrogen-bond donors (Lipinski definition) is 2. The van der Waals surface area contributed by atoms with Crippen LogP contribution in [0.5, 0.6) is 5.75 Å². The number of thiophene rings is 1. The van der Waals surface area contributed by atoms with Crippen molar-refractivity contribution in [2.75, 3.05) is 5.32 Å². The van der Waals surface area contributed by atoms with Crippen LogP contribution in [0.3, 0.4) is 0 Å². The summed E-state index contributed by atoms with van der Waals surface area (Å²) in [6.07, 6.45) is 2.98. The minimum absolute atomic E-state index is 0.0766. The van der Waals surface area contributed by atoms with Crippen molar-refractivity contribution in [1.82, 2.24) is 14.5 Å². The molecule has 0 aliphatic heterocycles. The van der Waals surface area contributed by atoms with Gasteiger partial charge in [-0.1, -0.05) is 0 Å². The summed E-state index contributed by atoms with van der Waals surface area (Å²) in [5.41, 5.74) is -0.167. The van der Waals surface area contributed by atoms with Gasteiger partial charge in [0.2, 0.25) is 5.91 Å². The van der Waals surface area contributed by atoms with Crippen LogP contribution in [-0.4, -0.2) is 25.5 Å². The Morgan fingerprint density at radius 2 is 2.23 bits per heavy atom. The number of aryl methyl sites for hydroxylation is 1. The number of nitrogens with one attached hydrogen (secondary N) is 1. The molecule has 8 heteroatoms. The largest absolute Gasteiger partial charge is 0.504 e. The first-order valence-corrected chi connectivity index (χ1v) is 7.39. The van der Waals surface area contributed by atoms with Crippen LogP contribution in [-0.2, 0) is 11.3 Å². The lowest BCUT2D eigenvalue weighted by molar-refractivity contribution is -0.116. The van der Waals surface area contributed by atoms with E-state index in [1.54, 1.807) is 17.5 Å². The van der Waals surface area contributed by atoms with Crippen LogP contribution in [0.15, 0.2) is 40.9 Å². The van der Waals surface area contributed by atoms with Crippen molar-refractivity contribution in [2.45, 2.75) is 13.0 Å². The molecule has 0 aromatic carbocycles. The van der Waals surface area contributed by atoms with Crippen LogP contribution < -0.4 is 10.9 Å². The van der Waals surface area contributed by atoms with E-state index in [0.717, 1.165) is 0 Å². The van der Waals surface area contributed by atoms with E-state index in [1.807, 2.05) is 0 Å². The minimum Gasteiger partial charge on any atom is -0.504 e. The highest BCUT2D eigenvalue weighted by Gasteiger charge is 2.09. The zero-order valence-electron chi connectivity index (χ0n) is 11.4. The summed E-state index contributed by atoms with van der Waals surface area (Å²) in [6.45, 7) is 0.205. The molecular formula is C14H12N4O3S. The Labute approximate surface area is 128 Å². The molecule has 3 aromatic heterocycles. The van der Waals surface area contributed by atoms with E-state index in [2.05, 4.69) is 15.3 Å². The Hall–Kier alpha value is -2.74. The van der Waals surface area contributed by atoms with Gasteiger partial charge in [-0.3, -0.25) is 14.2 Å². The van der Waals surface area contributed by atoms with Crippen LogP contribution in [0.25, 0.3) is 10.2 Å². The van der Waals surface area contributed by atoms with E-state index in [0.29, 0.717) is 10.2 Å². The number of carbonyl (C=O) groups is 1. The normalized spacial score (nSPS) is 10.7. The van der Waals surface area contributed by atoms with Gasteiger partial charge >= 0.3 is 0 Å². The van der Waals surface area contributed by atoms with E-state index < -0.39 is 0 Å². The van der Waals surface area contributed by atoms with E-state index in [9.17, 15) is 14.7 Å². The summed E-state index contributed by atoms with van der Waals surface area (Å²) < 4.78 is 1.40. The Morgan fingerprint density at radius 3 is 3.05 bits per heavy atom. The molecule has 0 aliphatic carbocycles. The third kappa shape index (κ3) is 2.82. The number of aromatic hydroxyl groups is 1. The molecule has 0 spiro atoms. The third-order valence-electron chi connectivity index (χ3n) is 3.07. The average Bonchev–Trinajstić information content (AvgIpc) is 2.98. The lowest BCUT2D eigenvalue weighted by atomic mass is 10.3. The summed E-state index contributed by atoms with van der Waals surface area (Å²) in [4.78, 5) is 32.8. The zero-order chi connectivity index (χ0) is 15.5. The minimum atomic E-state index is -0.341. The smallest absolute Gasteiger partial charge is 0.262 e. The number of hydrogen-bond acceptors (Lipinski definition) is 6. The predicted octanol–water partition coefficient (Wildman–Crippen LogP) is 1.59. The van der Waals surface area contributed by atoms with Crippen molar-refractivity contribution in [1.29, 1.82) is 0 Å². The van der Waals surface area contributed by atoms with Crippen LogP contribution >= 0.6 is 11.3 Å². The number of pyridine rings is 1. The molecule has 0 radical (unpaired) electrons. The zero-order valence-corrected chi connectivity index (χ0v) is 12.2. The Kier molecular flexibility index (Phi) is 3.84. The van der Waals surface area contributed by atoms with Crippen LogP contribution in [0.2, 0.25) is 0 Å². The Morgan fingerprint density at radius 1 is 1.36 bits per heavy atom. The molecule has 1 amide bonds. The van der Waals surface area contributed by atoms with Crippen LogP contribution in [0.1, 0.15) is 6.42 Å². The lowest BCUT2D eigenvalue weighted by Gasteiger charge is -2.07. The first-order valence-electron chi connectivity index (χ1n) is 6.51. The molecule has 0 bridgehead atoms. The highest BCUT2D eigenvalue weighted by atomic mass is 32.1. The quantitative estimate of drug-likeness (QED) is 0.762. The van der Waals surface area contributed by atoms with Crippen molar-refractivity contribution >= 4 is 33.3 Å². The van der Waals surface area contributed by atoms with E-state index in [1.165, 1.54) is 34.5 Å². The molecule has 22 heavy (non-hydrogen) atoms. The summed E-state index contributed by atoms with van der Waals surface area (Å²) >= 11 is 1.40. The summed E-state index contributed by atoms with van der Waals surface area (Å²) in [5.74, 6) is -0.341. The van der Waals surface area contributed by atoms with Gasteiger partial charge in [-0.25, -0.2) is 9.97 Å². The highest BCUT2D eigenvalue weighted by molar-refractivity contribution is 7.16. The van der Waals surface area contributed by atoms with Gasteiger partial charge in [0.1, 0.15) is 4.83 Å². The Balaban J connectivity index is 1.69. The topological polar surface area (TPSA) is 97.1 Å². The van der Waals surface area contributed by atoms with Crippen LogP contribution in [0, 0.1) is 0 Å². The van der Waals surface area contributed by atoms with Crippen LogP contribution in [0.4, 0.5) is 5.82 Å². The fraction of sp³-hybridized carbons (Fsp3) is 0.143. The molecule has 0 saturated carbocycles. The maximum atomic E-state index is 12.2. The number of fused-ring (bicyclic) bond motifs is 1. The molecule has 0 aliphatic rings. The second-order valence-electron chi connectivity index (χ2n) is 4.55. The SMILES string of the molecule is O=C(CCn1cnc2sccc2c1=O)Nc1ncccc1O. The van der Waals surface area contributed by atoms with E-state index >= 15 is 0 Å². The number of rotatable bonds is 4. The third-order valence-corrected chi connectivity index (χ3v) is 3.90. The van der Waals surface area contributed by atoms with Crippen molar-refractivity contribution in [3.05, 3.63) is 46.5 Å². The molecule has 2 N–H and O–H groups in total. The van der Waals surface area contributed by atoms with Crippen molar-refractivity contribution in [2.24, 2.45) is 0 Å². The van der Waals surface area contributed by atoms with Crippen molar-refractivity contribution in [3.8, 4) is 5.75 Å². The van der Waals surface area contributed by atoms with E-state index in [4.69, 9.17) is 0 Å². The van der Waals surface area contributed by atoms with Gasteiger partial charge in [-0.2, -0.15) is 0 Å². The maximum Gasteiger partial charge on any atom is 0.262 e. The number of anilines is 1. The fourth-order valence-corrected chi connectivity index (χ4v) is 2.69. The van der Waals surface area contributed by atoms with Crippen molar-refractivity contribution in [3.63, 3.8) is 0 Å². The molecule has 0 unspecified atom stereocenters. The molecule has 3 rings (SSSR count). The number of nitrogens with zero attached hydrogens (tertiary/aromatic N) is 3. The van der Waals surface area contributed by atoms with Gasteiger partial charge in [0.25, 0.3) is 5.56 Å². The average molecular weight is 316 g/mol. The second kappa shape index (κ2) is 5.94. The molecule has 7 nitrogen and oxygen atoms in total. The summed E-state index contributed by atoms with van der Waals surface area (Å²) in [7, 11) is 0. The fourth-order valence-electron chi connectivity index (χ4n) is 1.96. The molecule has 0 saturated heterocycles. The first kappa shape index (κ1) is 14.2. The van der Waals surface area contributed by atoms with Gasteiger partial charge in [0, 0.05) is 19.2 Å². The monoisotopic (exact) mass is 316 g/mol. The Bertz CT molecular complexity index is 887. The van der Waals surface area contributed by atoms with Gasteiger partial charge in [-0.15, -0.1) is 11.3 Å². The van der Waals surface area contributed by atoms with Gasteiger partial charge in [-0.05, 0) is 23.6 Å². The molecule has 0 fully saturated rings. The summed E-state index contributed by atoms with van der Waals surface area (Å²) in [6, 6.07) is 4.71. The lowest BCUT2D eigenvalue weighted by Crippen LogP contribution is -2.23. The number of amides is 1. The second-order valence-corrected chi connectivity index (χ2v) is 5.45. The molecule has 0 atom stereocenters. The maximum absolute atomic E-state index is 12.2. The van der Waals surface area contributed by atoms with Gasteiger partial charge < -0.3 is 10.4 Å². The first-order chi connectivity index (χ1) is 10.6. The van der Waals surface area contributed by atoms with Crippen molar-refractivity contribution < 1.29 is 9.90 Å². The highest BCUT2D eigenvalue weighted by Crippen LogP contribution is 2.18. The standard InChI is InChI=1S/C14H12N4O3S/c19-10-2-1-5-15-12(10)17-11(20)3-6-18-8-16-13-9(14(18)21)4-7-22-13/h1-2,4-5,7-8,19H,3,6H2,(H,15,17,20). The number of carbonyl (C=O) groups excluding carboxylic acids is 1. The molecule has 3 heterocycles. The van der Waals surface area contributed by atoms with Gasteiger partial charge in [0.05, 0.1) is 11.7 Å².